The normalized spacial score (nSPS) is 13.9. The van der Waals surface area contributed by atoms with Crippen LogP contribution < -0.4 is 0 Å². The molecule has 1 aromatic rings. The van der Waals surface area contributed by atoms with Crippen molar-refractivity contribution in [1.82, 2.24) is 4.31 Å². The Bertz CT molecular complexity index is 431. The summed E-state index contributed by atoms with van der Waals surface area (Å²) in [7, 11) is -1.70. The Labute approximate surface area is 108 Å². The van der Waals surface area contributed by atoms with Crippen molar-refractivity contribution in [1.29, 1.82) is 0 Å². The molecule has 0 radical (unpaired) electrons. The molecule has 1 aromatic carbocycles. The van der Waals surface area contributed by atoms with Crippen LogP contribution in [0.25, 0.3) is 0 Å². The van der Waals surface area contributed by atoms with Crippen molar-refractivity contribution < 1.29 is 8.42 Å². The Morgan fingerprint density at radius 2 is 1.88 bits per heavy atom. The molecule has 1 rings (SSSR count). The third-order valence-electron chi connectivity index (χ3n) is 2.78. The minimum atomic E-state index is -3.34. The summed E-state index contributed by atoms with van der Waals surface area (Å²) < 4.78 is 26.0. The molecule has 0 fully saturated rings. The molecule has 0 saturated carbocycles. The zero-order chi connectivity index (χ0) is 12.9. The maximum absolute atomic E-state index is 12.3. The summed E-state index contributed by atoms with van der Waals surface area (Å²) in [6.45, 7) is 1.94. The Kier molecular flexibility index (Phi) is 5.49. The van der Waals surface area contributed by atoms with Crippen molar-refractivity contribution in [3.8, 4) is 0 Å². The molecule has 17 heavy (non-hydrogen) atoms. The summed E-state index contributed by atoms with van der Waals surface area (Å²) in [5.74, 6) is 0.968. The largest absolute Gasteiger partial charge is 0.243 e. The van der Waals surface area contributed by atoms with Gasteiger partial charge in [0.25, 0.3) is 0 Å². The number of benzene rings is 1. The molecule has 96 valence electrons. The Morgan fingerprint density at radius 3 is 2.41 bits per heavy atom. The first-order valence-corrected chi connectivity index (χ1v) is 8.35. The third kappa shape index (κ3) is 3.72. The summed E-state index contributed by atoms with van der Waals surface area (Å²) in [6.07, 6.45) is 2.89. The summed E-state index contributed by atoms with van der Waals surface area (Å²) in [6, 6.07) is 8.59. The van der Waals surface area contributed by atoms with Crippen LogP contribution in [0.15, 0.2) is 35.2 Å². The number of nitrogens with zero attached hydrogens (tertiary/aromatic N) is 1. The van der Waals surface area contributed by atoms with Crippen molar-refractivity contribution >= 4 is 21.8 Å². The van der Waals surface area contributed by atoms with Gasteiger partial charge in [-0.05, 0) is 37.5 Å². The summed E-state index contributed by atoms with van der Waals surface area (Å²) in [5, 5.41) is 0. The number of hydrogen-bond donors (Lipinski definition) is 0. The SMILES string of the molecule is CSCCC(C)N(C)S(=O)(=O)c1ccccc1. The van der Waals surface area contributed by atoms with Crippen LogP contribution in [0.5, 0.6) is 0 Å². The molecule has 0 spiro atoms. The van der Waals surface area contributed by atoms with Gasteiger partial charge in [0.1, 0.15) is 0 Å². The van der Waals surface area contributed by atoms with E-state index in [1.54, 1.807) is 43.1 Å². The summed E-state index contributed by atoms with van der Waals surface area (Å²) in [4.78, 5) is 0.360. The molecule has 0 aromatic heterocycles. The van der Waals surface area contributed by atoms with E-state index in [1.807, 2.05) is 19.2 Å². The second-order valence-electron chi connectivity index (χ2n) is 3.96. The van der Waals surface area contributed by atoms with E-state index in [0.717, 1.165) is 12.2 Å². The minimum Gasteiger partial charge on any atom is -0.207 e. The second kappa shape index (κ2) is 6.42. The molecule has 0 bridgehead atoms. The van der Waals surface area contributed by atoms with E-state index in [4.69, 9.17) is 0 Å². The van der Waals surface area contributed by atoms with Crippen LogP contribution in [0.3, 0.4) is 0 Å². The lowest BCUT2D eigenvalue weighted by Crippen LogP contribution is -2.35. The van der Waals surface area contributed by atoms with Crippen molar-refractivity contribution in [2.75, 3.05) is 19.1 Å². The Morgan fingerprint density at radius 1 is 1.29 bits per heavy atom. The van der Waals surface area contributed by atoms with E-state index < -0.39 is 10.0 Å². The van der Waals surface area contributed by atoms with Gasteiger partial charge in [-0.3, -0.25) is 0 Å². The molecule has 0 amide bonds. The van der Waals surface area contributed by atoms with Gasteiger partial charge in [-0.15, -0.1) is 0 Å². The van der Waals surface area contributed by atoms with Gasteiger partial charge in [0, 0.05) is 13.1 Å². The highest BCUT2D eigenvalue weighted by atomic mass is 32.2. The fourth-order valence-corrected chi connectivity index (χ4v) is 3.46. The number of rotatable bonds is 6. The first kappa shape index (κ1) is 14.5. The summed E-state index contributed by atoms with van der Waals surface area (Å²) >= 11 is 1.73. The highest BCUT2D eigenvalue weighted by molar-refractivity contribution is 7.98. The van der Waals surface area contributed by atoms with Gasteiger partial charge in [0.15, 0.2) is 0 Å². The van der Waals surface area contributed by atoms with Crippen LogP contribution >= 0.6 is 11.8 Å². The molecule has 1 atom stereocenters. The second-order valence-corrected chi connectivity index (χ2v) is 6.95. The molecular weight excluding hydrogens is 254 g/mol. The minimum absolute atomic E-state index is 0.0210. The van der Waals surface area contributed by atoms with Crippen LogP contribution in [0.1, 0.15) is 13.3 Å². The van der Waals surface area contributed by atoms with Gasteiger partial charge >= 0.3 is 0 Å². The fraction of sp³-hybridized carbons (Fsp3) is 0.500. The molecule has 0 N–H and O–H groups in total. The van der Waals surface area contributed by atoms with Gasteiger partial charge in [-0.1, -0.05) is 18.2 Å². The van der Waals surface area contributed by atoms with Crippen molar-refractivity contribution in [3.05, 3.63) is 30.3 Å². The average Bonchev–Trinajstić information content (AvgIpc) is 2.36. The van der Waals surface area contributed by atoms with E-state index in [2.05, 4.69) is 0 Å². The highest BCUT2D eigenvalue weighted by Gasteiger charge is 2.24. The third-order valence-corrected chi connectivity index (χ3v) is 5.41. The van der Waals surface area contributed by atoms with Crippen molar-refractivity contribution in [2.24, 2.45) is 0 Å². The van der Waals surface area contributed by atoms with Gasteiger partial charge in [-0.2, -0.15) is 16.1 Å². The first-order chi connectivity index (χ1) is 8.00. The average molecular weight is 273 g/mol. The number of sulfonamides is 1. The first-order valence-electron chi connectivity index (χ1n) is 5.52. The van der Waals surface area contributed by atoms with Crippen LogP contribution in [0, 0.1) is 0 Å². The molecule has 0 saturated heterocycles. The highest BCUT2D eigenvalue weighted by Crippen LogP contribution is 2.18. The topological polar surface area (TPSA) is 37.4 Å². The van der Waals surface area contributed by atoms with Gasteiger partial charge < -0.3 is 0 Å². The van der Waals surface area contributed by atoms with Crippen LogP contribution in [-0.2, 0) is 10.0 Å². The number of thioether (sulfide) groups is 1. The summed E-state index contributed by atoms with van der Waals surface area (Å²) in [5.41, 5.74) is 0. The zero-order valence-corrected chi connectivity index (χ0v) is 12.1. The predicted molar refractivity (Wildman–Crippen MR) is 73.9 cm³/mol. The maximum atomic E-state index is 12.3. The molecule has 1 unspecified atom stereocenters. The predicted octanol–water partition coefficient (Wildman–Crippen LogP) is 2.45. The van der Waals surface area contributed by atoms with Crippen LogP contribution in [-0.4, -0.2) is 37.8 Å². The van der Waals surface area contributed by atoms with Crippen molar-refractivity contribution in [3.63, 3.8) is 0 Å². The molecule has 0 aliphatic heterocycles. The van der Waals surface area contributed by atoms with Crippen LogP contribution in [0.2, 0.25) is 0 Å². The van der Waals surface area contributed by atoms with E-state index >= 15 is 0 Å². The van der Waals surface area contributed by atoms with Gasteiger partial charge in [0.05, 0.1) is 4.90 Å². The van der Waals surface area contributed by atoms with Crippen LogP contribution in [0.4, 0.5) is 0 Å². The fourth-order valence-electron chi connectivity index (χ4n) is 1.47. The molecule has 5 heteroatoms. The lowest BCUT2D eigenvalue weighted by molar-refractivity contribution is 0.382. The van der Waals surface area contributed by atoms with Crippen molar-refractivity contribution in [2.45, 2.75) is 24.3 Å². The Hall–Kier alpha value is -0.520. The monoisotopic (exact) mass is 273 g/mol. The molecular formula is C12H19NO2S2. The number of hydrogen-bond acceptors (Lipinski definition) is 3. The smallest absolute Gasteiger partial charge is 0.207 e. The molecule has 0 aliphatic carbocycles. The Balaban J connectivity index is 2.84. The quantitative estimate of drug-likeness (QED) is 0.799. The van der Waals surface area contributed by atoms with E-state index in [-0.39, 0.29) is 6.04 Å². The zero-order valence-electron chi connectivity index (χ0n) is 10.5. The maximum Gasteiger partial charge on any atom is 0.243 e. The van der Waals surface area contributed by atoms with E-state index in [1.165, 1.54) is 4.31 Å². The molecule has 3 nitrogen and oxygen atoms in total. The lowest BCUT2D eigenvalue weighted by atomic mass is 10.3. The van der Waals surface area contributed by atoms with E-state index in [0.29, 0.717) is 4.90 Å². The van der Waals surface area contributed by atoms with Gasteiger partial charge in [0.2, 0.25) is 10.0 Å². The molecule has 0 heterocycles. The lowest BCUT2D eigenvalue weighted by Gasteiger charge is -2.24. The standard InChI is InChI=1S/C12H19NO2S2/c1-11(9-10-16-3)13(2)17(14,15)12-7-5-4-6-8-12/h4-8,11H,9-10H2,1-3H3. The van der Waals surface area contributed by atoms with Gasteiger partial charge in [-0.25, -0.2) is 8.42 Å². The van der Waals surface area contributed by atoms with E-state index in [9.17, 15) is 8.42 Å². The molecule has 0 aliphatic rings.